The summed E-state index contributed by atoms with van der Waals surface area (Å²) in [5, 5.41) is 7.51. The van der Waals surface area contributed by atoms with Crippen LogP contribution in [0.15, 0.2) is 43.3 Å². The van der Waals surface area contributed by atoms with E-state index in [1.807, 2.05) is 6.20 Å². The van der Waals surface area contributed by atoms with Crippen LogP contribution < -0.4 is 20.4 Å². The Bertz CT molecular complexity index is 1440. The van der Waals surface area contributed by atoms with Crippen molar-refractivity contribution in [3.05, 3.63) is 54.4 Å². The van der Waals surface area contributed by atoms with Gasteiger partial charge in [-0.1, -0.05) is 45.9 Å². The summed E-state index contributed by atoms with van der Waals surface area (Å²) in [4.78, 5) is 17.1. The van der Waals surface area contributed by atoms with Gasteiger partial charge < -0.3 is 25.3 Å². The van der Waals surface area contributed by atoms with Crippen LogP contribution in [-0.2, 0) is 6.42 Å². The highest BCUT2D eigenvalue weighted by Gasteiger charge is 2.56. The number of rotatable bonds is 10. The lowest BCUT2D eigenvalue weighted by molar-refractivity contribution is -0.0406. The van der Waals surface area contributed by atoms with Crippen molar-refractivity contribution in [2.75, 3.05) is 42.3 Å². The van der Waals surface area contributed by atoms with Gasteiger partial charge in [-0.25, -0.2) is 4.98 Å². The summed E-state index contributed by atoms with van der Waals surface area (Å²) in [7, 11) is 4.33. The lowest BCUT2D eigenvalue weighted by atomic mass is 9.52. The summed E-state index contributed by atoms with van der Waals surface area (Å²) in [6, 6.07) is 7.35. The molecule has 2 saturated carbocycles. The molecule has 9 heteroatoms. The SMILES string of the molecule is C=C(NC1(CC(C)(S)S)CC2(CCN(C)CC2)C1)c1ccc(Nc2ncc3c(n2)N(C2CCCC2)C(CC)C(=C)N3C)c(CC)c1. The number of likely N-dealkylation sites (tertiary alicyclic amines) is 1. The van der Waals surface area contributed by atoms with E-state index < -0.39 is 0 Å². The van der Waals surface area contributed by atoms with Gasteiger partial charge in [0, 0.05) is 35.7 Å². The fraction of sp³-hybridized carbons (Fsp3) is 0.622. The van der Waals surface area contributed by atoms with E-state index in [0.29, 0.717) is 17.4 Å². The Morgan fingerprint density at radius 3 is 2.43 bits per heavy atom. The van der Waals surface area contributed by atoms with Crippen molar-refractivity contribution < 1.29 is 0 Å². The summed E-state index contributed by atoms with van der Waals surface area (Å²) < 4.78 is -0.357. The fourth-order valence-corrected chi connectivity index (χ4v) is 9.62. The Balaban J connectivity index is 1.22. The molecule has 1 spiro atoms. The second-order valence-electron chi connectivity index (χ2n) is 15.0. The highest BCUT2D eigenvalue weighted by molar-refractivity contribution is 8.00. The predicted octanol–water partition coefficient (Wildman–Crippen LogP) is 8.04. The maximum atomic E-state index is 5.17. The first-order valence-corrected chi connectivity index (χ1v) is 18.3. The van der Waals surface area contributed by atoms with Crippen LogP contribution in [0.4, 0.5) is 23.1 Å². The van der Waals surface area contributed by atoms with Gasteiger partial charge in [0.05, 0.1) is 16.3 Å². The predicted molar refractivity (Wildman–Crippen MR) is 202 cm³/mol. The lowest BCUT2D eigenvalue weighted by Crippen LogP contribution is -2.63. The minimum atomic E-state index is -0.357. The first-order valence-electron chi connectivity index (χ1n) is 17.4. The van der Waals surface area contributed by atoms with Gasteiger partial charge >= 0.3 is 0 Å². The number of hydrogen-bond acceptors (Lipinski definition) is 9. The molecule has 3 fully saturated rings. The lowest BCUT2D eigenvalue weighted by Gasteiger charge is -2.61. The Morgan fingerprint density at radius 1 is 1.11 bits per heavy atom. The second kappa shape index (κ2) is 12.9. The van der Waals surface area contributed by atoms with Crippen molar-refractivity contribution in [1.82, 2.24) is 20.2 Å². The second-order valence-corrected chi connectivity index (χ2v) is 17.3. The number of hydrogen-bond donors (Lipinski definition) is 4. The molecule has 0 bridgehead atoms. The van der Waals surface area contributed by atoms with E-state index in [-0.39, 0.29) is 15.7 Å². The van der Waals surface area contributed by atoms with Crippen LogP contribution in [0.5, 0.6) is 0 Å². The number of aryl methyl sites for hydroxylation is 1. The molecule has 1 unspecified atom stereocenters. The quantitative estimate of drug-likeness (QED) is 0.152. The van der Waals surface area contributed by atoms with Crippen LogP contribution in [-0.4, -0.2) is 63.8 Å². The maximum absolute atomic E-state index is 5.17. The third kappa shape index (κ3) is 6.66. The van der Waals surface area contributed by atoms with Gasteiger partial charge in [0.15, 0.2) is 5.82 Å². The fourth-order valence-electron chi connectivity index (χ4n) is 9.02. The Hall–Kier alpha value is -2.36. The number of aromatic nitrogens is 2. The molecule has 4 aliphatic rings. The molecule has 3 heterocycles. The molecule has 250 valence electrons. The van der Waals surface area contributed by atoms with E-state index >= 15 is 0 Å². The Labute approximate surface area is 288 Å². The Kier molecular flexibility index (Phi) is 9.42. The van der Waals surface area contributed by atoms with Crippen LogP contribution in [0.1, 0.15) is 96.1 Å². The molecule has 46 heavy (non-hydrogen) atoms. The molecule has 2 aromatic rings. The molecule has 1 atom stereocenters. The number of piperidine rings is 1. The zero-order chi connectivity index (χ0) is 32.9. The molecule has 2 aliphatic heterocycles. The third-order valence-electron chi connectivity index (χ3n) is 11.3. The summed E-state index contributed by atoms with van der Waals surface area (Å²) in [5.41, 5.74) is 6.90. The zero-order valence-electron chi connectivity index (χ0n) is 28.7. The standard InChI is InChI=1S/C37H55N7S2/c1-8-27-20-28(25(3)41-37(22-35(5,45)46)23-36(24-37)16-18-42(6)19-17-36)14-15-30(27)39-34-38-21-32-33(40-34)44(29-12-10-11-13-29)31(9-2)26(4)43(32)7/h14-15,20-21,29,31,41,45-46H,3-4,8-13,16-19,22-24H2,1-2,5-7H3,(H,38,39,40). The molecule has 0 amide bonds. The first kappa shape index (κ1) is 33.5. The van der Waals surface area contributed by atoms with Gasteiger partial charge in [0.1, 0.15) is 5.69 Å². The van der Waals surface area contributed by atoms with Crippen LogP contribution in [0.25, 0.3) is 5.70 Å². The number of nitrogens with zero attached hydrogens (tertiary/aromatic N) is 5. The van der Waals surface area contributed by atoms with E-state index in [4.69, 9.17) is 35.2 Å². The van der Waals surface area contributed by atoms with E-state index in [0.717, 1.165) is 66.3 Å². The summed E-state index contributed by atoms with van der Waals surface area (Å²) in [6.07, 6.45) is 14.5. The number of fused-ring (bicyclic) bond motifs is 1. The number of benzene rings is 1. The summed E-state index contributed by atoms with van der Waals surface area (Å²) >= 11 is 9.68. The van der Waals surface area contributed by atoms with Gasteiger partial charge in [-0.2, -0.15) is 30.2 Å². The maximum Gasteiger partial charge on any atom is 0.229 e. The van der Waals surface area contributed by atoms with Crippen molar-refractivity contribution in [2.45, 2.75) is 113 Å². The van der Waals surface area contributed by atoms with Crippen molar-refractivity contribution in [1.29, 1.82) is 0 Å². The van der Waals surface area contributed by atoms with Crippen LogP contribution in [0.3, 0.4) is 0 Å². The molecule has 1 saturated heterocycles. The van der Waals surface area contributed by atoms with Crippen LogP contribution >= 0.6 is 25.3 Å². The van der Waals surface area contributed by atoms with E-state index in [1.54, 1.807) is 0 Å². The molecular formula is C37H55N7S2. The smallest absolute Gasteiger partial charge is 0.229 e. The largest absolute Gasteiger partial charge is 0.379 e. The monoisotopic (exact) mass is 661 g/mol. The van der Waals surface area contributed by atoms with Gasteiger partial charge in [-0.05, 0) is 114 Å². The minimum absolute atomic E-state index is 0.0362. The molecule has 7 nitrogen and oxygen atoms in total. The molecule has 1 aromatic heterocycles. The number of thiol groups is 2. The number of anilines is 4. The Morgan fingerprint density at radius 2 is 1.80 bits per heavy atom. The molecule has 0 radical (unpaired) electrons. The summed E-state index contributed by atoms with van der Waals surface area (Å²) in [6.45, 7) is 17.9. The van der Waals surface area contributed by atoms with Gasteiger partial charge in [0.2, 0.25) is 5.95 Å². The molecule has 1 aromatic carbocycles. The van der Waals surface area contributed by atoms with E-state index in [1.165, 1.54) is 57.2 Å². The summed E-state index contributed by atoms with van der Waals surface area (Å²) in [5.74, 6) is 1.66. The number of nitrogens with one attached hydrogen (secondary N) is 2. The third-order valence-corrected chi connectivity index (χ3v) is 11.6. The molecule has 2 N–H and O–H groups in total. The number of likely N-dealkylation sites (N-methyl/N-ethyl adjacent to an activating group) is 1. The highest BCUT2D eigenvalue weighted by Crippen LogP contribution is 2.58. The average molecular weight is 662 g/mol. The minimum Gasteiger partial charge on any atom is -0.379 e. The highest BCUT2D eigenvalue weighted by atomic mass is 32.2. The van der Waals surface area contributed by atoms with Crippen molar-refractivity contribution in [3.8, 4) is 0 Å². The van der Waals surface area contributed by atoms with Gasteiger partial charge in [-0.3, -0.25) is 0 Å². The van der Waals surface area contributed by atoms with Gasteiger partial charge in [-0.15, -0.1) is 0 Å². The van der Waals surface area contributed by atoms with Crippen molar-refractivity contribution in [2.24, 2.45) is 5.41 Å². The zero-order valence-corrected chi connectivity index (χ0v) is 30.5. The van der Waals surface area contributed by atoms with Crippen LogP contribution in [0.2, 0.25) is 0 Å². The molecule has 6 rings (SSSR count). The van der Waals surface area contributed by atoms with Crippen molar-refractivity contribution >= 4 is 54.1 Å². The van der Waals surface area contributed by atoms with E-state index in [9.17, 15) is 0 Å². The first-order chi connectivity index (χ1) is 21.8. The van der Waals surface area contributed by atoms with E-state index in [2.05, 4.69) is 91.6 Å². The normalized spacial score (nSPS) is 22.9. The van der Waals surface area contributed by atoms with Gasteiger partial charge in [0.25, 0.3) is 0 Å². The average Bonchev–Trinajstić information content (AvgIpc) is 3.53. The van der Waals surface area contributed by atoms with Crippen molar-refractivity contribution in [3.63, 3.8) is 0 Å². The van der Waals surface area contributed by atoms with Crippen LogP contribution in [0, 0.1) is 5.41 Å². The topological polar surface area (TPSA) is 59.6 Å². The molecule has 2 aliphatic carbocycles. The molecular weight excluding hydrogens is 607 g/mol.